The minimum absolute atomic E-state index is 1.08. The third-order valence-corrected chi connectivity index (χ3v) is 13.3. The van der Waals surface area contributed by atoms with Crippen LogP contribution < -0.4 is 4.90 Å². The summed E-state index contributed by atoms with van der Waals surface area (Å²) in [4.78, 5) is 2.46. The van der Waals surface area contributed by atoms with Crippen molar-refractivity contribution in [2.75, 3.05) is 4.90 Å². The fraction of sp³-hybridized carbons (Fsp3) is 0. The molecule has 0 atom stereocenters. The quantitative estimate of drug-likeness (QED) is 0.156. The standard InChI is InChI=1S/C58H38N2S/c1-2-17-39(18-3-1)45-29-13-19-40-20-14-31-50(57(40)45)49-27-6-8-32-52(49)59(42-22-12-21-41(37-42)46-30-16-36-56-58(46)51-28-7-11-35-55(51)61-56)43-23-15-24-44(38-43)60-53-33-9-4-25-47(53)48-26-5-10-34-54(48)60/h1-38H. The maximum atomic E-state index is 2.46. The van der Waals surface area contributed by atoms with Crippen molar-refractivity contribution in [3.8, 4) is 39.1 Å². The Morgan fingerprint density at radius 3 is 1.67 bits per heavy atom. The van der Waals surface area contributed by atoms with Gasteiger partial charge in [0.2, 0.25) is 0 Å². The Bertz CT molecular complexity index is 3550. The monoisotopic (exact) mass is 794 g/mol. The fourth-order valence-electron chi connectivity index (χ4n) is 9.55. The first-order valence-electron chi connectivity index (χ1n) is 20.8. The second-order valence-electron chi connectivity index (χ2n) is 15.6. The van der Waals surface area contributed by atoms with Gasteiger partial charge in [-0.15, -0.1) is 11.3 Å². The summed E-state index contributed by atoms with van der Waals surface area (Å²) in [6.07, 6.45) is 0. The number of nitrogens with zero attached hydrogens (tertiary/aromatic N) is 2. The summed E-state index contributed by atoms with van der Waals surface area (Å²) >= 11 is 1.86. The van der Waals surface area contributed by atoms with Gasteiger partial charge in [0.1, 0.15) is 0 Å². The van der Waals surface area contributed by atoms with Gasteiger partial charge in [-0.25, -0.2) is 0 Å². The average Bonchev–Trinajstić information content (AvgIpc) is 3.88. The maximum absolute atomic E-state index is 2.46. The lowest BCUT2D eigenvalue weighted by molar-refractivity contribution is 1.17. The van der Waals surface area contributed by atoms with Crippen molar-refractivity contribution in [3.05, 3.63) is 231 Å². The second-order valence-corrected chi connectivity index (χ2v) is 16.7. The number of hydrogen-bond acceptors (Lipinski definition) is 2. The molecule has 286 valence electrons. The molecule has 0 aliphatic heterocycles. The molecule has 0 N–H and O–H groups in total. The number of anilines is 3. The van der Waals surface area contributed by atoms with E-state index < -0.39 is 0 Å². The Balaban J connectivity index is 1.11. The van der Waals surface area contributed by atoms with Crippen LogP contribution in [0.5, 0.6) is 0 Å². The highest BCUT2D eigenvalue weighted by molar-refractivity contribution is 7.25. The smallest absolute Gasteiger partial charge is 0.0541 e. The number of hydrogen-bond donors (Lipinski definition) is 0. The SMILES string of the molecule is c1ccc(-c2cccc3cccc(-c4ccccc4N(c4cccc(-c5cccc6sc7ccccc7c56)c4)c4cccc(-n5c6ccccc6c6ccccc65)c4)c23)cc1. The van der Waals surface area contributed by atoms with Gasteiger partial charge in [0.15, 0.2) is 0 Å². The zero-order chi connectivity index (χ0) is 40.3. The van der Waals surface area contributed by atoms with Crippen LogP contribution in [0.1, 0.15) is 0 Å². The van der Waals surface area contributed by atoms with Crippen molar-refractivity contribution in [1.29, 1.82) is 0 Å². The van der Waals surface area contributed by atoms with E-state index in [1.54, 1.807) is 0 Å². The fourth-order valence-corrected chi connectivity index (χ4v) is 10.7. The Morgan fingerprint density at radius 2 is 0.885 bits per heavy atom. The normalized spacial score (nSPS) is 11.6. The lowest BCUT2D eigenvalue weighted by Gasteiger charge is -2.29. The van der Waals surface area contributed by atoms with Crippen LogP contribution in [0, 0.1) is 0 Å². The molecule has 0 bridgehead atoms. The third-order valence-electron chi connectivity index (χ3n) is 12.2. The van der Waals surface area contributed by atoms with Crippen molar-refractivity contribution in [3.63, 3.8) is 0 Å². The van der Waals surface area contributed by atoms with E-state index in [1.165, 1.54) is 80.6 Å². The maximum Gasteiger partial charge on any atom is 0.0541 e. The minimum Gasteiger partial charge on any atom is -0.310 e. The summed E-state index contributed by atoms with van der Waals surface area (Å²) in [6.45, 7) is 0. The number of rotatable bonds is 7. The van der Waals surface area contributed by atoms with Crippen LogP contribution in [0.15, 0.2) is 231 Å². The molecule has 0 spiro atoms. The molecule has 12 aromatic rings. The van der Waals surface area contributed by atoms with Gasteiger partial charge in [0.05, 0.1) is 16.7 Å². The van der Waals surface area contributed by atoms with Gasteiger partial charge < -0.3 is 9.47 Å². The second kappa shape index (κ2) is 14.5. The van der Waals surface area contributed by atoms with Crippen molar-refractivity contribution >= 4 is 81.1 Å². The molecular formula is C58H38N2S. The first kappa shape index (κ1) is 35.2. The minimum atomic E-state index is 1.08. The van der Waals surface area contributed by atoms with Crippen LogP contribution >= 0.6 is 11.3 Å². The first-order valence-corrected chi connectivity index (χ1v) is 21.7. The van der Waals surface area contributed by atoms with Crippen LogP contribution in [0.4, 0.5) is 17.1 Å². The molecule has 2 nitrogen and oxygen atoms in total. The number of aromatic nitrogens is 1. The average molecular weight is 795 g/mol. The summed E-state index contributed by atoms with van der Waals surface area (Å²) in [6, 6.07) is 84.3. The van der Waals surface area contributed by atoms with Crippen LogP contribution in [-0.4, -0.2) is 4.57 Å². The number of para-hydroxylation sites is 3. The van der Waals surface area contributed by atoms with Crippen molar-refractivity contribution < 1.29 is 0 Å². The molecule has 0 saturated carbocycles. The molecule has 0 aliphatic carbocycles. The van der Waals surface area contributed by atoms with Crippen LogP contribution in [0.25, 0.3) is 91.8 Å². The predicted molar refractivity (Wildman–Crippen MR) is 262 cm³/mol. The third kappa shape index (κ3) is 5.85. The summed E-state index contributed by atoms with van der Waals surface area (Å²) in [5.41, 5.74) is 14.0. The van der Waals surface area contributed by atoms with Crippen LogP contribution in [-0.2, 0) is 0 Å². The number of thiophene rings is 1. The van der Waals surface area contributed by atoms with Crippen LogP contribution in [0.2, 0.25) is 0 Å². The Hall–Kier alpha value is -7.72. The lowest BCUT2D eigenvalue weighted by atomic mass is 9.90. The zero-order valence-corrected chi connectivity index (χ0v) is 34.1. The van der Waals surface area contributed by atoms with E-state index in [0.29, 0.717) is 0 Å². The van der Waals surface area contributed by atoms with E-state index in [9.17, 15) is 0 Å². The number of benzene rings is 10. The molecule has 0 aliphatic rings. The van der Waals surface area contributed by atoms with Crippen LogP contribution in [0.3, 0.4) is 0 Å². The van der Waals surface area contributed by atoms with E-state index in [2.05, 4.69) is 240 Å². The molecule has 0 unspecified atom stereocenters. The Kier molecular flexibility index (Phi) is 8.39. The highest BCUT2D eigenvalue weighted by atomic mass is 32.1. The summed E-state index contributed by atoms with van der Waals surface area (Å²) in [5, 5.41) is 7.57. The van der Waals surface area contributed by atoms with E-state index >= 15 is 0 Å². The summed E-state index contributed by atoms with van der Waals surface area (Å²) < 4.78 is 5.02. The molecule has 0 fully saturated rings. The Labute approximate surface area is 358 Å². The molecule has 0 saturated heterocycles. The lowest BCUT2D eigenvalue weighted by Crippen LogP contribution is -2.12. The topological polar surface area (TPSA) is 8.17 Å². The largest absolute Gasteiger partial charge is 0.310 e. The summed E-state index contributed by atoms with van der Waals surface area (Å²) in [7, 11) is 0. The van der Waals surface area contributed by atoms with E-state index in [1.807, 2.05) is 11.3 Å². The molecule has 2 heterocycles. The Morgan fingerprint density at radius 1 is 0.344 bits per heavy atom. The summed E-state index contributed by atoms with van der Waals surface area (Å²) in [5.74, 6) is 0. The van der Waals surface area contributed by atoms with Crippen molar-refractivity contribution in [1.82, 2.24) is 4.57 Å². The molecular weight excluding hydrogens is 757 g/mol. The highest BCUT2D eigenvalue weighted by Gasteiger charge is 2.22. The van der Waals surface area contributed by atoms with Gasteiger partial charge in [-0.1, -0.05) is 170 Å². The number of fused-ring (bicyclic) bond motifs is 7. The first-order chi connectivity index (χ1) is 30.3. The van der Waals surface area contributed by atoms with Crippen molar-refractivity contribution in [2.24, 2.45) is 0 Å². The molecule has 61 heavy (non-hydrogen) atoms. The van der Waals surface area contributed by atoms with Gasteiger partial charge in [-0.05, 0) is 99.3 Å². The molecule has 0 radical (unpaired) electrons. The van der Waals surface area contributed by atoms with Gasteiger partial charge >= 0.3 is 0 Å². The molecule has 3 heteroatoms. The van der Waals surface area contributed by atoms with Crippen molar-refractivity contribution in [2.45, 2.75) is 0 Å². The molecule has 10 aromatic carbocycles. The van der Waals surface area contributed by atoms with Gasteiger partial charge in [0, 0.05) is 53.6 Å². The van der Waals surface area contributed by atoms with E-state index in [0.717, 1.165) is 28.3 Å². The molecule has 0 amide bonds. The van der Waals surface area contributed by atoms with Gasteiger partial charge in [0.25, 0.3) is 0 Å². The molecule has 12 rings (SSSR count). The van der Waals surface area contributed by atoms with E-state index in [-0.39, 0.29) is 0 Å². The molecule has 2 aromatic heterocycles. The predicted octanol–water partition coefficient (Wildman–Crippen LogP) is 16.8. The highest BCUT2D eigenvalue weighted by Crippen LogP contribution is 2.47. The zero-order valence-electron chi connectivity index (χ0n) is 33.2. The van der Waals surface area contributed by atoms with Gasteiger partial charge in [-0.2, -0.15) is 0 Å². The van der Waals surface area contributed by atoms with E-state index in [4.69, 9.17) is 0 Å². The van der Waals surface area contributed by atoms with Gasteiger partial charge in [-0.3, -0.25) is 0 Å².